The first kappa shape index (κ1) is 15.7. The fourth-order valence-electron chi connectivity index (χ4n) is 2.29. The van der Waals surface area contributed by atoms with Gasteiger partial charge in [-0.3, -0.25) is 4.79 Å². The van der Waals surface area contributed by atoms with Crippen LogP contribution < -0.4 is 10.1 Å². The molecule has 1 N–H and O–H groups in total. The molecule has 2 aromatic carbocycles. The van der Waals surface area contributed by atoms with Crippen LogP contribution in [-0.2, 0) is 4.79 Å². The Morgan fingerprint density at radius 1 is 1.17 bits per heavy atom. The topological polar surface area (TPSA) is 69.0 Å². The molecule has 0 aliphatic rings. The fourth-order valence-corrected chi connectivity index (χ4v) is 2.29. The van der Waals surface area contributed by atoms with E-state index in [0.717, 1.165) is 11.3 Å². The standard InChI is InChI=1S/C18H18N4O2/c1-14(21-18(23)11-24-17-5-3-2-4-6-17)15-7-9-16(10-8-15)22-13-19-12-20-22/h2-10,12-14H,11H2,1H3,(H,21,23)/t14-/m1/s1. The first-order valence-corrected chi connectivity index (χ1v) is 7.64. The van der Waals surface area contributed by atoms with E-state index < -0.39 is 0 Å². The SMILES string of the molecule is C[C@@H](NC(=O)COc1ccccc1)c1ccc(-n2cncn2)cc1. The largest absolute Gasteiger partial charge is 0.484 e. The van der Waals surface area contributed by atoms with Crippen molar-refractivity contribution in [2.24, 2.45) is 0 Å². The lowest BCUT2D eigenvalue weighted by molar-refractivity contribution is -0.123. The summed E-state index contributed by atoms with van der Waals surface area (Å²) in [6, 6.07) is 17.0. The summed E-state index contributed by atoms with van der Waals surface area (Å²) in [6.07, 6.45) is 3.13. The minimum Gasteiger partial charge on any atom is -0.484 e. The number of carbonyl (C=O) groups is 1. The molecule has 0 saturated heterocycles. The monoisotopic (exact) mass is 322 g/mol. The lowest BCUT2D eigenvalue weighted by Crippen LogP contribution is -2.31. The molecule has 0 saturated carbocycles. The average Bonchev–Trinajstić information content (AvgIpc) is 3.16. The molecule has 1 atom stereocenters. The first-order valence-electron chi connectivity index (χ1n) is 7.64. The van der Waals surface area contributed by atoms with Crippen molar-refractivity contribution in [3.05, 3.63) is 72.8 Å². The Labute approximate surface area is 140 Å². The van der Waals surface area contributed by atoms with Gasteiger partial charge in [-0.05, 0) is 36.8 Å². The van der Waals surface area contributed by atoms with Gasteiger partial charge in [-0.25, -0.2) is 9.67 Å². The summed E-state index contributed by atoms with van der Waals surface area (Å²) < 4.78 is 7.12. The van der Waals surface area contributed by atoms with Crippen molar-refractivity contribution >= 4 is 5.91 Å². The Morgan fingerprint density at radius 2 is 1.92 bits per heavy atom. The number of para-hydroxylation sites is 1. The number of aromatic nitrogens is 3. The van der Waals surface area contributed by atoms with Crippen LogP contribution in [0.15, 0.2) is 67.3 Å². The third kappa shape index (κ3) is 3.98. The molecule has 3 aromatic rings. The van der Waals surface area contributed by atoms with Gasteiger partial charge in [0.15, 0.2) is 6.61 Å². The zero-order chi connectivity index (χ0) is 16.8. The molecule has 3 rings (SSSR count). The number of nitrogens with zero attached hydrogens (tertiary/aromatic N) is 3. The smallest absolute Gasteiger partial charge is 0.258 e. The fraction of sp³-hybridized carbons (Fsp3) is 0.167. The Morgan fingerprint density at radius 3 is 2.58 bits per heavy atom. The molecule has 0 radical (unpaired) electrons. The predicted molar refractivity (Wildman–Crippen MR) is 89.9 cm³/mol. The van der Waals surface area contributed by atoms with Gasteiger partial charge in [0.2, 0.25) is 0 Å². The van der Waals surface area contributed by atoms with E-state index in [0.29, 0.717) is 5.75 Å². The lowest BCUT2D eigenvalue weighted by Gasteiger charge is -2.15. The van der Waals surface area contributed by atoms with Crippen molar-refractivity contribution in [2.75, 3.05) is 6.61 Å². The number of amides is 1. The molecule has 1 heterocycles. The Kier molecular flexibility index (Phi) is 4.86. The summed E-state index contributed by atoms with van der Waals surface area (Å²) in [5, 5.41) is 7.00. The van der Waals surface area contributed by atoms with E-state index in [-0.39, 0.29) is 18.6 Å². The summed E-state index contributed by atoms with van der Waals surface area (Å²) in [7, 11) is 0. The summed E-state index contributed by atoms with van der Waals surface area (Å²) in [5.41, 5.74) is 1.93. The van der Waals surface area contributed by atoms with E-state index >= 15 is 0 Å². The minimum absolute atomic E-state index is 0.00854. The highest BCUT2D eigenvalue weighted by molar-refractivity contribution is 5.78. The molecule has 0 bridgehead atoms. The van der Waals surface area contributed by atoms with Gasteiger partial charge in [0, 0.05) is 0 Å². The third-order valence-electron chi connectivity index (χ3n) is 3.57. The van der Waals surface area contributed by atoms with Crippen LogP contribution in [0, 0.1) is 0 Å². The molecular formula is C18H18N4O2. The second-order valence-corrected chi connectivity index (χ2v) is 5.32. The number of nitrogens with one attached hydrogen (secondary N) is 1. The van der Waals surface area contributed by atoms with Gasteiger partial charge in [0.1, 0.15) is 18.4 Å². The van der Waals surface area contributed by atoms with Crippen LogP contribution in [0.2, 0.25) is 0 Å². The van der Waals surface area contributed by atoms with Crippen molar-refractivity contribution < 1.29 is 9.53 Å². The molecule has 6 nitrogen and oxygen atoms in total. The van der Waals surface area contributed by atoms with Gasteiger partial charge in [-0.1, -0.05) is 30.3 Å². The Balaban J connectivity index is 1.54. The van der Waals surface area contributed by atoms with Gasteiger partial charge in [-0.2, -0.15) is 5.10 Å². The summed E-state index contributed by atoms with van der Waals surface area (Å²) in [6.45, 7) is 1.93. The first-order chi connectivity index (χ1) is 11.7. The third-order valence-corrected chi connectivity index (χ3v) is 3.57. The molecule has 6 heteroatoms. The van der Waals surface area contributed by atoms with Crippen molar-refractivity contribution in [3.8, 4) is 11.4 Å². The zero-order valence-corrected chi connectivity index (χ0v) is 13.3. The van der Waals surface area contributed by atoms with Gasteiger partial charge in [0.05, 0.1) is 11.7 Å². The van der Waals surface area contributed by atoms with Gasteiger partial charge in [-0.15, -0.1) is 0 Å². The number of benzene rings is 2. The van der Waals surface area contributed by atoms with Crippen molar-refractivity contribution in [1.29, 1.82) is 0 Å². The van der Waals surface area contributed by atoms with Crippen LogP contribution in [0.1, 0.15) is 18.5 Å². The van der Waals surface area contributed by atoms with E-state index in [4.69, 9.17) is 4.74 Å². The number of carbonyl (C=O) groups excluding carboxylic acids is 1. The lowest BCUT2D eigenvalue weighted by atomic mass is 10.1. The van der Waals surface area contributed by atoms with Crippen molar-refractivity contribution in [3.63, 3.8) is 0 Å². The number of rotatable bonds is 6. The van der Waals surface area contributed by atoms with Crippen LogP contribution in [0.4, 0.5) is 0 Å². The highest BCUT2D eigenvalue weighted by atomic mass is 16.5. The predicted octanol–water partition coefficient (Wildman–Crippen LogP) is 2.52. The van der Waals surface area contributed by atoms with E-state index in [2.05, 4.69) is 15.4 Å². The maximum Gasteiger partial charge on any atom is 0.258 e. The van der Waals surface area contributed by atoms with E-state index in [1.807, 2.05) is 61.5 Å². The molecule has 0 spiro atoms. The van der Waals surface area contributed by atoms with E-state index in [1.54, 1.807) is 11.0 Å². The summed E-state index contributed by atoms with van der Waals surface area (Å²) in [4.78, 5) is 15.9. The minimum atomic E-state index is -0.160. The Hall–Kier alpha value is -3.15. The highest BCUT2D eigenvalue weighted by Gasteiger charge is 2.10. The van der Waals surface area contributed by atoms with Gasteiger partial charge in [0.25, 0.3) is 5.91 Å². The van der Waals surface area contributed by atoms with Crippen LogP contribution in [0.5, 0.6) is 5.75 Å². The van der Waals surface area contributed by atoms with E-state index in [1.165, 1.54) is 6.33 Å². The molecule has 0 aliphatic carbocycles. The van der Waals surface area contributed by atoms with Crippen molar-refractivity contribution in [2.45, 2.75) is 13.0 Å². The van der Waals surface area contributed by atoms with Crippen molar-refractivity contribution in [1.82, 2.24) is 20.1 Å². The van der Waals surface area contributed by atoms with Gasteiger partial charge < -0.3 is 10.1 Å². The summed E-state index contributed by atoms with van der Waals surface area (Å²) >= 11 is 0. The maximum atomic E-state index is 12.0. The number of ether oxygens (including phenoxy) is 1. The number of hydrogen-bond donors (Lipinski definition) is 1. The zero-order valence-electron chi connectivity index (χ0n) is 13.3. The van der Waals surface area contributed by atoms with Crippen LogP contribution in [0.25, 0.3) is 5.69 Å². The second kappa shape index (κ2) is 7.41. The van der Waals surface area contributed by atoms with Crippen LogP contribution >= 0.6 is 0 Å². The molecule has 0 aliphatic heterocycles. The highest BCUT2D eigenvalue weighted by Crippen LogP contribution is 2.15. The quantitative estimate of drug-likeness (QED) is 0.757. The molecule has 1 aromatic heterocycles. The summed E-state index contributed by atoms with van der Waals surface area (Å²) in [5.74, 6) is 0.518. The normalized spacial score (nSPS) is 11.7. The van der Waals surface area contributed by atoms with Gasteiger partial charge >= 0.3 is 0 Å². The number of hydrogen-bond acceptors (Lipinski definition) is 4. The molecule has 1 amide bonds. The molecule has 122 valence electrons. The molecular weight excluding hydrogens is 304 g/mol. The van der Waals surface area contributed by atoms with Crippen LogP contribution in [0.3, 0.4) is 0 Å². The van der Waals surface area contributed by atoms with Crippen LogP contribution in [-0.4, -0.2) is 27.3 Å². The molecule has 0 unspecified atom stereocenters. The average molecular weight is 322 g/mol. The second-order valence-electron chi connectivity index (χ2n) is 5.32. The molecule has 24 heavy (non-hydrogen) atoms. The molecule has 0 fully saturated rings. The maximum absolute atomic E-state index is 12.0. The Bertz CT molecular complexity index is 771. The van der Waals surface area contributed by atoms with E-state index in [9.17, 15) is 4.79 Å².